The van der Waals surface area contributed by atoms with Crippen LogP contribution in [0.5, 0.6) is 0 Å². The van der Waals surface area contributed by atoms with Gasteiger partial charge in [0, 0.05) is 15.6 Å². The lowest BCUT2D eigenvalue weighted by Gasteiger charge is -2.31. The maximum absolute atomic E-state index is 8.16. The molecule has 1 aromatic heterocycles. The molecule has 0 aliphatic carbocycles. The third-order valence-electron chi connectivity index (χ3n) is 5.44. The molecule has 3 aromatic rings. The fraction of sp³-hybridized carbons (Fsp3) is 0.227. The number of hydrogen-bond donors (Lipinski definition) is 0. The van der Waals surface area contributed by atoms with Crippen LogP contribution < -0.4 is 14.8 Å². The summed E-state index contributed by atoms with van der Waals surface area (Å²) in [5.74, 6) is 0.986. The summed E-state index contributed by atoms with van der Waals surface area (Å²) in [5.41, 5.74) is 5.46. The summed E-state index contributed by atoms with van der Waals surface area (Å²) in [6.45, 7) is 4.04. The first kappa shape index (κ1) is 12.8. The molecule has 0 spiro atoms. The van der Waals surface area contributed by atoms with Gasteiger partial charge in [-0.1, -0.05) is 36.4 Å². The van der Waals surface area contributed by atoms with Gasteiger partial charge in [-0.2, -0.15) is 0 Å². The van der Waals surface area contributed by atoms with Gasteiger partial charge in [0.15, 0.2) is 0 Å². The van der Waals surface area contributed by atoms with Gasteiger partial charge in [-0.25, -0.2) is 4.57 Å². The van der Waals surface area contributed by atoms with E-state index in [4.69, 9.17) is 4.11 Å². The molecule has 25 heavy (non-hydrogen) atoms. The Kier molecular flexibility index (Phi) is 2.94. The Morgan fingerprint density at radius 2 is 1.80 bits per heavy atom. The van der Waals surface area contributed by atoms with Crippen molar-refractivity contribution in [2.75, 3.05) is 4.81 Å². The lowest BCUT2D eigenvalue weighted by molar-refractivity contribution is -0.631. The molecule has 4 rings (SSSR count). The van der Waals surface area contributed by atoms with E-state index in [1.807, 2.05) is 38.2 Å². The minimum Gasteiger partial charge on any atom is -0.290 e. The molecule has 0 radical (unpaired) electrons. The lowest BCUT2D eigenvalue weighted by atomic mass is 9.52. The molecule has 0 N–H and O–H groups in total. The van der Waals surface area contributed by atoms with Crippen LogP contribution in [0, 0.1) is 6.92 Å². The van der Waals surface area contributed by atoms with E-state index in [-0.39, 0.29) is 6.85 Å². The third-order valence-corrected chi connectivity index (χ3v) is 5.44. The van der Waals surface area contributed by atoms with Crippen molar-refractivity contribution < 1.29 is 8.68 Å². The summed E-state index contributed by atoms with van der Waals surface area (Å²) in [6, 6.07) is 18.4. The number of hydrogen-bond acceptors (Lipinski definition) is 1. The zero-order valence-electron chi connectivity index (χ0n) is 18.2. The SMILES string of the molecule is [2H]C([2H])([2H])C1=C(C)N(c2ccc3c(C)cccc3[n+]2C)B(C)c2ccccc21. The molecule has 0 saturated carbocycles. The quantitative estimate of drug-likeness (QED) is 0.482. The first-order valence-corrected chi connectivity index (χ1v) is 8.70. The molecule has 2 heterocycles. The Balaban J connectivity index is 2.00. The van der Waals surface area contributed by atoms with Crippen molar-refractivity contribution in [3.63, 3.8) is 0 Å². The van der Waals surface area contributed by atoms with Crippen molar-refractivity contribution in [2.24, 2.45) is 7.05 Å². The number of anilines is 1. The number of fused-ring (bicyclic) bond motifs is 2. The molecule has 1 aliphatic rings. The van der Waals surface area contributed by atoms with Crippen LogP contribution in [-0.2, 0) is 7.05 Å². The van der Waals surface area contributed by atoms with Crippen LogP contribution in [0.1, 0.15) is 29.0 Å². The highest BCUT2D eigenvalue weighted by molar-refractivity contribution is 6.77. The van der Waals surface area contributed by atoms with Gasteiger partial charge in [0.05, 0.1) is 12.7 Å². The van der Waals surface area contributed by atoms with E-state index in [9.17, 15) is 0 Å². The van der Waals surface area contributed by atoms with Gasteiger partial charge < -0.3 is 0 Å². The molecule has 0 amide bonds. The van der Waals surface area contributed by atoms with Crippen LogP contribution in [0.3, 0.4) is 0 Å². The predicted molar refractivity (Wildman–Crippen MR) is 108 cm³/mol. The Morgan fingerprint density at radius 3 is 2.60 bits per heavy atom. The maximum atomic E-state index is 8.16. The molecule has 0 bridgehead atoms. The standard InChI is InChI=1S/C22H24BN2/c1-15-9-8-12-21-18(15)13-14-22(24(21)5)25-17(3)16(2)19-10-6-7-11-20(19)23(25)4/h6-14H,1-5H3/q+1/i2D3. The van der Waals surface area contributed by atoms with Gasteiger partial charge in [-0.15, -0.1) is 0 Å². The Bertz CT molecular complexity index is 1120. The van der Waals surface area contributed by atoms with Crippen LogP contribution in [-0.4, -0.2) is 6.85 Å². The second-order valence-corrected chi connectivity index (χ2v) is 6.85. The molecule has 0 unspecified atom stereocenters. The molecule has 1 aliphatic heterocycles. The highest BCUT2D eigenvalue weighted by Crippen LogP contribution is 2.30. The van der Waals surface area contributed by atoms with Crippen molar-refractivity contribution in [2.45, 2.75) is 27.5 Å². The van der Waals surface area contributed by atoms with Crippen molar-refractivity contribution >= 4 is 34.6 Å². The number of aromatic nitrogens is 1. The summed E-state index contributed by atoms with van der Waals surface area (Å²) in [7, 11) is 2.05. The van der Waals surface area contributed by atoms with Crippen molar-refractivity contribution in [1.82, 2.24) is 0 Å². The van der Waals surface area contributed by atoms with Crippen LogP contribution in [0.25, 0.3) is 16.5 Å². The van der Waals surface area contributed by atoms with Crippen LogP contribution in [0.4, 0.5) is 5.82 Å². The first-order chi connectivity index (χ1) is 13.2. The smallest absolute Gasteiger partial charge is 0.290 e. The number of pyridine rings is 1. The molecular weight excluding hydrogens is 303 g/mol. The normalized spacial score (nSPS) is 16.6. The number of aryl methyl sites for hydroxylation is 2. The highest BCUT2D eigenvalue weighted by atomic mass is 15.2. The maximum Gasteiger partial charge on any atom is 0.409 e. The molecule has 0 saturated heterocycles. The van der Waals surface area contributed by atoms with Crippen LogP contribution >= 0.6 is 0 Å². The zero-order valence-corrected chi connectivity index (χ0v) is 15.2. The van der Waals surface area contributed by atoms with Gasteiger partial charge >= 0.3 is 6.85 Å². The van der Waals surface area contributed by atoms with Crippen LogP contribution in [0.15, 0.2) is 60.3 Å². The fourth-order valence-corrected chi connectivity index (χ4v) is 4.01. The van der Waals surface area contributed by atoms with Gasteiger partial charge in [-0.05, 0) is 61.8 Å². The summed E-state index contributed by atoms with van der Waals surface area (Å²) >= 11 is 0. The van der Waals surface area contributed by atoms with Crippen molar-refractivity contribution in [3.05, 3.63) is 71.4 Å². The molecular formula is C22H24BN2+. The van der Waals surface area contributed by atoms with E-state index in [1.54, 1.807) is 0 Å². The Labute approximate surface area is 154 Å². The average Bonchev–Trinajstić information content (AvgIpc) is 2.63. The molecule has 0 atom stereocenters. The van der Waals surface area contributed by atoms with E-state index in [1.165, 1.54) is 10.9 Å². The highest BCUT2D eigenvalue weighted by Gasteiger charge is 2.38. The number of benzene rings is 2. The zero-order chi connectivity index (χ0) is 20.2. The Hall–Kier alpha value is -2.55. The molecule has 3 heteroatoms. The van der Waals surface area contributed by atoms with Gasteiger partial charge in [0.2, 0.25) is 0 Å². The summed E-state index contributed by atoms with van der Waals surface area (Å²) in [5, 5.41) is 1.21. The largest absolute Gasteiger partial charge is 0.409 e. The average molecular weight is 330 g/mol. The second-order valence-electron chi connectivity index (χ2n) is 6.85. The second kappa shape index (κ2) is 5.77. The predicted octanol–water partition coefficient (Wildman–Crippen LogP) is 4.07. The van der Waals surface area contributed by atoms with E-state index in [0.29, 0.717) is 5.57 Å². The summed E-state index contributed by atoms with van der Waals surface area (Å²) < 4.78 is 26.6. The van der Waals surface area contributed by atoms with Crippen molar-refractivity contribution in [1.29, 1.82) is 0 Å². The van der Waals surface area contributed by atoms with E-state index >= 15 is 0 Å². The number of nitrogens with zero attached hydrogens (tertiary/aromatic N) is 2. The number of allylic oxidation sites excluding steroid dienone is 2. The molecule has 0 fully saturated rings. The Morgan fingerprint density at radius 1 is 1.00 bits per heavy atom. The van der Waals surface area contributed by atoms with E-state index in [2.05, 4.69) is 53.5 Å². The van der Waals surface area contributed by atoms with Gasteiger partial charge in [0.25, 0.3) is 5.82 Å². The van der Waals surface area contributed by atoms with Crippen molar-refractivity contribution in [3.8, 4) is 0 Å². The topological polar surface area (TPSA) is 7.12 Å². The number of rotatable bonds is 1. The first-order valence-electron chi connectivity index (χ1n) is 10.2. The minimum atomic E-state index is -2.18. The van der Waals surface area contributed by atoms with Gasteiger partial charge in [-0.3, -0.25) is 4.81 Å². The molecule has 2 aromatic carbocycles. The van der Waals surface area contributed by atoms with E-state index in [0.717, 1.165) is 28.1 Å². The molecule has 124 valence electrons. The monoisotopic (exact) mass is 330 g/mol. The molecule has 2 nitrogen and oxygen atoms in total. The summed E-state index contributed by atoms with van der Waals surface area (Å²) in [6.07, 6.45) is 0. The minimum absolute atomic E-state index is 0.0377. The fourth-order valence-electron chi connectivity index (χ4n) is 4.01. The van der Waals surface area contributed by atoms with Crippen LogP contribution in [0.2, 0.25) is 6.82 Å². The third kappa shape index (κ3) is 2.30. The van der Waals surface area contributed by atoms with Gasteiger partial charge in [0.1, 0.15) is 5.52 Å². The summed E-state index contributed by atoms with van der Waals surface area (Å²) in [4.78, 5) is 2.16. The lowest BCUT2D eigenvalue weighted by Crippen LogP contribution is -2.53. The van der Waals surface area contributed by atoms with E-state index < -0.39 is 6.85 Å².